The lowest BCUT2D eigenvalue weighted by atomic mass is 9.84. The third kappa shape index (κ3) is 4.28. The SMILES string of the molecule is CO/N=C(\C(=O)N[C@@H]1C(=O)N2C(C(=O)O)=C(C[N+]34CCC(CC3)C(Cl)C4)CS[C@H]12)c1csc(N)n1. The van der Waals surface area contributed by atoms with Gasteiger partial charge in [0, 0.05) is 29.5 Å². The minimum atomic E-state index is -1.13. The van der Waals surface area contributed by atoms with Crippen LogP contribution >= 0.6 is 34.7 Å². The van der Waals surface area contributed by atoms with E-state index >= 15 is 0 Å². The number of anilines is 1. The maximum absolute atomic E-state index is 13.1. The number of quaternary nitrogens is 1. The summed E-state index contributed by atoms with van der Waals surface area (Å²) in [5.41, 5.74) is 6.57. The molecular formula is C21H26ClN6O5S2+. The van der Waals surface area contributed by atoms with Crippen molar-refractivity contribution in [2.24, 2.45) is 11.1 Å². The zero-order chi connectivity index (χ0) is 24.9. The molecule has 0 spiro atoms. The standard InChI is InChI=1S/C21H25ClN6O5S2/c1-33-26-14(13-9-35-21(23)24-13)17(29)25-15-18(30)27-16(20(31)32)11(8-34-19(15)27)6-28-4-2-10(3-5-28)12(22)7-28/h9-10,12,15,19H,2-8H2,1H3,(H3-,23,24,25,29,31,32)/p+1/b26-14-/t10?,12?,15-,19-,28?/m1/s1. The molecule has 6 rings (SSSR count). The summed E-state index contributed by atoms with van der Waals surface area (Å²) in [6.45, 7) is 3.36. The Kier molecular flexibility index (Phi) is 6.45. The number of nitrogens with one attached hydrogen (secondary N) is 1. The Morgan fingerprint density at radius 3 is 2.77 bits per heavy atom. The molecule has 0 saturated carbocycles. The number of aliphatic carboxylic acids is 1. The zero-order valence-electron chi connectivity index (χ0n) is 19.0. The first-order valence-electron chi connectivity index (χ1n) is 11.3. The summed E-state index contributed by atoms with van der Waals surface area (Å²) in [6, 6.07) is -0.883. The van der Waals surface area contributed by atoms with Crippen LogP contribution in [0, 0.1) is 5.92 Å². The fourth-order valence-electron chi connectivity index (χ4n) is 5.53. The van der Waals surface area contributed by atoms with Gasteiger partial charge in [0.25, 0.3) is 11.8 Å². The van der Waals surface area contributed by atoms with Crippen LogP contribution < -0.4 is 11.1 Å². The molecule has 0 radical (unpaired) electrons. The number of fused-ring (bicyclic) bond motifs is 4. The summed E-state index contributed by atoms with van der Waals surface area (Å²) in [7, 11) is 1.30. The van der Waals surface area contributed by atoms with E-state index in [1.807, 2.05) is 0 Å². The Bertz CT molecular complexity index is 1130. The molecule has 2 amide bonds. The lowest BCUT2D eigenvalue weighted by Gasteiger charge is -2.53. The van der Waals surface area contributed by atoms with Gasteiger partial charge in [0.1, 0.15) is 36.5 Å². The van der Waals surface area contributed by atoms with Gasteiger partial charge in [-0.3, -0.25) is 14.5 Å². The maximum atomic E-state index is 13.1. The fourth-order valence-corrected chi connectivity index (χ4v) is 7.96. The van der Waals surface area contributed by atoms with Gasteiger partial charge in [0.05, 0.1) is 25.0 Å². The van der Waals surface area contributed by atoms with Gasteiger partial charge >= 0.3 is 5.97 Å². The van der Waals surface area contributed by atoms with Crippen LogP contribution in [0.3, 0.4) is 0 Å². The highest BCUT2D eigenvalue weighted by molar-refractivity contribution is 8.00. The Labute approximate surface area is 214 Å². The molecule has 6 heterocycles. The van der Waals surface area contributed by atoms with Crippen molar-refractivity contribution in [3.63, 3.8) is 0 Å². The summed E-state index contributed by atoms with van der Waals surface area (Å²) in [5.74, 6) is -1.23. The van der Waals surface area contributed by atoms with E-state index in [1.54, 1.807) is 5.38 Å². The normalized spacial score (nSPS) is 32.2. The van der Waals surface area contributed by atoms with Crippen LogP contribution in [0.25, 0.3) is 0 Å². The Hall–Kier alpha value is -2.35. The molecule has 4 N–H and O–H groups in total. The maximum Gasteiger partial charge on any atom is 0.352 e. The van der Waals surface area contributed by atoms with Crippen LogP contribution in [0.5, 0.6) is 0 Å². The van der Waals surface area contributed by atoms with Gasteiger partial charge in [-0.15, -0.1) is 34.7 Å². The molecule has 14 heteroatoms. The third-order valence-electron chi connectivity index (χ3n) is 7.25. The molecule has 5 aliphatic heterocycles. The highest BCUT2D eigenvalue weighted by Gasteiger charge is 2.56. The van der Waals surface area contributed by atoms with Gasteiger partial charge in [-0.05, 0) is 5.92 Å². The Balaban J connectivity index is 1.34. The monoisotopic (exact) mass is 541 g/mol. The molecule has 11 nitrogen and oxygen atoms in total. The van der Waals surface area contributed by atoms with Gasteiger partial charge in [0.15, 0.2) is 10.8 Å². The molecule has 0 aliphatic carbocycles. The minimum Gasteiger partial charge on any atom is -0.477 e. The number of carboxylic acids is 1. The molecule has 5 aliphatic rings. The number of nitrogens with two attached hydrogens (primary N) is 1. The van der Waals surface area contributed by atoms with Crippen molar-refractivity contribution in [2.75, 3.05) is 44.8 Å². The fraction of sp³-hybridized carbons (Fsp3) is 0.571. The van der Waals surface area contributed by atoms with E-state index in [-0.39, 0.29) is 27.6 Å². The van der Waals surface area contributed by atoms with E-state index in [0.29, 0.717) is 18.2 Å². The van der Waals surface area contributed by atoms with Crippen molar-refractivity contribution < 1.29 is 28.8 Å². The number of hydrogen-bond acceptors (Lipinski definition) is 9. The number of aromatic nitrogens is 1. The molecule has 3 atom stereocenters. The van der Waals surface area contributed by atoms with Crippen LogP contribution in [-0.2, 0) is 19.2 Å². The highest BCUT2D eigenvalue weighted by atomic mass is 35.5. The van der Waals surface area contributed by atoms with Crippen molar-refractivity contribution in [1.29, 1.82) is 0 Å². The molecule has 1 unspecified atom stereocenters. The molecule has 1 aromatic rings. The quantitative estimate of drug-likeness (QED) is 0.150. The number of thioether (sulfide) groups is 1. The number of nitrogens with zero attached hydrogens (tertiary/aromatic N) is 4. The second kappa shape index (κ2) is 9.26. The van der Waals surface area contributed by atoms with E-state index < -0.39 is 29.2 Å². The molecule has 1 aromatic heterocycles. The van der Waals surface area contributed by atoms with Gasteiger partial charge in [0.2, 0.25) is 0 Å². The van der Waals surface area contributed by atoms with Crippen molar-refractivity contribution in [2.45, 2.75) is 29.6 Å². The Morgan fingerprint density at radius 2 is 2.17 bits per heavy atom. The number of β-lactam (4-membered cyclic amide) rings is 1. The molecule has 0 aromatic carbocycles. The number of oxime groups is 1. The third-order valence-corrected chi connectivity index (χ3v) is 9.75. The number of thiazole rings is 1. The molecule has 188 valence electrons. The van der Waals surface area contributed by atoms with E-state index in [9.17, 15) is 19.5 Å². The average molecular weight is 542 g/mol. The summed E-state index contributed by atoms with van der Waals surface area (Å²) in [6.07, 6.45) is 2.10. The zero-order valence-corrected chi connectivity index (χ0v) is 21.4. The van der Waals surface area contributed by atoms with Gasteiger partial charge in [-0.1, -0.05) is 5.16 Å². The molecule has 4 fully saturated rings. The van der Waals surface area contributed by atoms with E-state index in [2.05, 4.69) is 15.5 Å². The van der Waals surface area contributed by atoms with Crippen molar-refractivity contribution in [3.05, 3.63) is 22.3 Å². The number of rotatable bonds is 7. The van der Waals surface area contributed by atoms with E-state index in [1.165, 1.54) is 23.8 Å². The first-order chi connectivity index (χ1) is 16.7. The van der Waals surface area contributed by atoms with Crippen molar-refractivity contribution in [3.8, 4) is 0 Å². The molecule has 4 saturated heterocycles. The number of alkyl halides is 1. The summed E-state index contributed by atoms with van der Waals surface area (Å²) < 4.78 is 0.776. The van der Waals surface area contributed by atoms with E-state index in [0.717, 1.165) is 53.9 Å². The van der Waals surface area contributed by atoms with Crippen molar-refractivity contribution >= 4 is 63.3 Å². The first kappa shape index (κ1) is 24.3. The topological polar surface area (TPSA) is 147 Å². The first-order valence-corrected chi connectivity index (χ1v) is 13.6. The number of piperidine rings is 3. The molecular weight excluding hydrogens is 516 g/mol. The highest BCUT2D eigenvalue weighted by Crippen LogP contribution is 2.43. The number of nitrogen functional groups attached to an aromatic ring is 1. The summed E-state index contributed by atoms with van der Waals surface area (Å²) in [5, 5.41) is 17.9. The lowest BCUT2D eigenvalue weighted by molar-refractivity contribution is -0.937. The number of carboxylic acid groups (broad SMARTS) is 1. The Morgan fingerprint density at radius 1 is 1.43 bits per heavy atom. The van der Waals surface area contributed by atoms with Gasteiger partial charge in [-0.25, -0.2) is 9.78 Å². The van der Waals surface area contributed by atoms with Gasteiger partial charge < -0.3 is 25.5 Å². The number of hydrogen-bond donors (Lipinski definition) is 3. The van der Waals surface area contributed by atoms with Crippen LogP contribution in [0.2, 0.25) is 0 Å². The lowest BCUT2D eigenvalue weighted by Crippen LogP contribution is -2.71. The van der Waals surface area contributed by atoms with Gasteiger partial charge in [-0.2, -0.15) is 0 Å². The molecule has 35 heavy (non-hydrogen) atoms. The van der Waals surface area contributed by atoms with Crippen LogP contribution in [0.1, 0.15) is 18.5 Å². The minimum absolute atomic E-state index is 0.0358. The van der Waals surface area contributed by atoms with Crippen molar-refractivity contribution in [1.82, 2.24) is 15.2 Å². The smallest absolute Gasteiger partial charge is 0.352 e. The number of carbonyl (C=O) groups excluding carboxylic acids is 2. The predicted molar refractivity (Wildman–Crippen MR) is 132 cm³/mol. The van der Waals surface area contributed by atoms with Crippen LogP contribution in [0.4, 0.5) is 5.13 Å². The van der Waals surface area contributed by atoms with Crippen LogP contribution in [-0.4, -0.2) is 98.8 Å². The summed E-state index contributed by atoms with van der Waals surface area (Å²) >= 11 is 9.18. The van der Waals surface area contributed by atoms with E-state index in [4.69, 9.17) is 22.2 Å². The second-order valence-electron chi connectivity index (χ2n) is 9.29. The molecule has 2 bridgehead atoms. The number of halogens is 1. The number of carbonyl (C=O) groups is 3. The largest absolute Gasteiger partial charge is 0.477 e. The number of amides is 2. The summed E-state index contributed by atoms with van der Waals surface area (Å²) in [4.78, 5) is 48.4. The average Bonchev–Trinajstić information content (AvgIpc) is 3.26. The van der Waals surface area contributed by atoms with Crippen LogP contribution in [0.15, 0.2) is 21.8 Å². The second-order valence-corrected chi connectivity index (χ2v) is 11.8. The predicted octanol–water partition coefficient (Wildman–Crippen LogP) is 0.662.